The molecular weight excluding hydrogens is 448 g/mol. The van der Waals surface area contributed by atoms with Crippen LogP contribution in [0, 0.1) is 5.92 Å². The number of nitrogens with one attached hydrogen (secondary N) is 2. The van der Waals surface area contributed by atoms with Gasteiger partial charge in [0, 0.05) is 28.9 Å². The highest BCUT2D eigenvalue weighted by molar-refractivity contribution is 6.11. The molecule has 0 fully saturated rings. The normalized spacial score (nSPS) is 11.2. The Bertz CT molecular complexity index is 1280. The standard InChI is InChI=1S/C26H26N4O5/c1-15(2)14-28-24(31)17-9-12-20(22(13-17)26(33)34)19-5-3-4-6-21(19)25(32)29-18-10-7-16(8-11-18)23(27)30-35/h3-13,15,35H,14H2,1-2H3,(H2,27,30)(H,28,31)(H,29,32)(H,33,34). The van der Waals surface area contributed by atoms with E-state index in [4.69, 9.17) is 10.9 Å². The molecule has 35 heavy (non-hydrogen) atoms. The summed E-state index contributed by atoms with van der Waals surface area (Å²) in [4.78, 5) is 37.6. The van der Waals surface area contributed by atoms with E-state index in [-0.39, 0.29) is 34.4 Å². The molecule has 9 heteroatoms. The molecule has 9 nitrogen and oxygen atoms in total. The zero-order chi connectivity index (χ0) is 25.5. The number of hydrogen-bond donors (Lipinski definition) is 5. The molecule has 0 saturated heterocycles. The molecule has 3 aromatic rings. The van der Waals surface area contributed by atoms with Crippen molar-refractivity contribution in [1.29, 1.82) is 0 Å². The van der Waals surface area contributed by atoms with E-state index in [0.717, 1.165) is 0 Å². The SMILES string of the molecule is CC(C)CNC(=O)c1ccc(-c2ccccc2C(=O)Nc2ccc(C(N)=NO)cc2)c(C(=O)O)c1. The highest BCUT2D eigenvalue weighted by Gasteiger charge is 2.20. The lowest BCUT2D eigenvalue weighted by Gasteiger charge is -2.14. The van der Waals surface area contributed by atoms with Crippen LogP contribution in [0.1, 0.15) is 50.5 Å². The summed E-state index contributed by atoms with van der Waals surface area (Å²) in [5.74, 6) is -1.84. The quantitative estimate of drug-likeness (QED) is 0.145. The van der Waals surface area contributed by atoms with Gasteiger partial charge in [0.25, 0.3) is 11.8 Å². The Morgan fingerprint density at radius 3 is 2.14 bits per heavy atom. The molecule has 0 atom stereocenters. The number of rotatable bonds is 8. The van der Waals surface area contributed by atoms with Crippen LogP contribution < -0.4 is 16.4 Å². The number of aromatic carboxylic acids is 1. The van der Waals surface area contributed by atoms with Gasteiger partial charge in [-0.1, -0.05) is 43.3 Å². The first-order chi connectivity index (χ1) is 16.7. The van der Waals surface area contributed by atoms with Gasteiger partial charge in [-0.05, 0) is 59.5 Å². The van der Waals surface area contributed by atoms with Gasteiger partial charge in [0.05, 0.1) is 5.56 Å². The molecule has 0 aromatic heterocycles. The molecule has 2 amide bonds. The lowest BCUT2D eigenvalue weighted by atomic mass is 9.93. The Kier molecular flexibility index (Phi) is 7.83. The van der Waals surface area contributed by atoms with Gasteiger partial charge in [-0.15, -0.1) is 0 Å². The lowest BCUT2D eigenvalue weighted by molar-refractivity contribution is 0.0697. The van der Waals surface area contributed by atoms with Crippen molar-refractivity contribution in [2.24, 2.45) is 16.8 Å². The molecule has 0 radical (unpaired) electrons. The van der Waals surface area contributed by atoms with E-state index in [0.29, 0.717) is 28.9 Å². The van der Waals surface area contributed by atoms with Gasteiger partial charge in [0.1, 0.15) is 0 Å². The smallest absolute Gasteiger partial charge is 0.336 e. The number of oxime groups is 1. The summed E-state index contributed by atoms with van der Waals surface area (Å²) in [6.45, 7) is 4.38. The van der Waals surface area contributed by atoms with Crippen LogP contribution in [0.2, 0.25) is 0 Å². The zero-order valence-corrected chi connectivity index (χ0v) is 19.3. The van der Waals surface area contributed by atoms with Crippen molar-refractivity contribution in [3.63, 3.8) is 0 Å². The Morgan fingerprint density at radius 1 is 0.886 bits per heavy atom. The van der Waals surface area contributed by atoms with Crippen molar-refractivity contribution in [2.75, 3.05) is 11.9 Å². The monoisotopic (exact) mass is 474 g/mol. The molecule has 3 aromatic carbocycles. The summed E-state index contributed by atoms with van der Waals surface area (Å²) in [5, 5.41) is 27.1. The van der Waals surface area contributed by atoms with Crippen LogP contribution in [-0.4, -0.2) is 40.5 Å². The summed E-state index contributed by atoms with van der Waals surface area (Å²) in [6.07, 6.45) is 0. The van der Waals surface area contributed by atoms with Crippen LogP contribution >= 0.6 is 0 Å². The van der Waals surface area contributed by atoms with Gasteiger partial charge >= 0.3 is 5.97 Å². The number of nitrogens with two attached hydrogens (primary N) is 1. The molecule has 0 bridgehead atoms. The second-order valence-electron chi connectivity index (χ2n) is 8.23. The first-order valence-electron chi connectivity index (χ1n) is 10.9. The molecular formula is C26H26N4O5. The summed E-state index contributed by atoms with van der Waals surface area (Å²) in [7, 11) is 0. The van der Waals surface area contributed by atoms with Crippen molar-refractivity contribution in [3.05, 3.63) is 89.0 Å². The second kappa shape index (κ2) is 11.0. The fraction of sp³-hybridized carbons (Fsp3) is 0.154. The number of benzene rings is 3. The molecule has 0 unspecified atom stereocenters. The number of carbonyl (C=O) groups excluding carboxylic acids is 2. The van der Waals surface area contributed by atoms with Gasteiger partial charge in [0.15, 0.2) is 5.84 Å². The van der Waals surface area contributed by atoms with E-state index < -0.39 is 11.9 Å². The van der Waals surface area contributed by atoms with Gasteiger partial charge in [-0.2, -0.15) is 0 Å². The third kappa shape index (κ3) is 6.02. The van der Waals surface area contributed by atoms with E-state index in [1.165, 1.54) is 18.2 Å². The fourth-order valence-electron chi connectivity index (χ4n) is 3.39. The maximum atomic E-state index is 13.1. The van der Waals surface area contributed by atoms with E-state index in [2.05, 4.69) is 15.8 Å². The van der Waals surface area contributed by atoms with E-state index in [1.54, 1.807) is 48.5 Å². The average molecular weight is 475 g/mol. The molecule has 3 rings (SSSR count). The molecule has 0 heterocycles. The minimum absolute atomic E-state index is 0.0595. The van der Waals surface area contributed by atoms with Gasteiger partial charge < -0.3 is 26.7 Å². The third-order valence-corrected chi connectivity index (χ3v) is 5.19. The maximum Gasteiger partial charge on any atom is 0.336 e. The molecule has 0 aliphatic heterocycles. The van der Waals surface area contributed by atoms with Gasteiger partial charge in [-0.25, -0.2) is 4.79 Å². The molecule has 0 aliphatic carbocycles. The highest BCUT2D eigenvalue weighted by Crippen LogP contribution is 2.29. The van der Waals surface area contributed by atoms with E-state index >= 15 is 0 Å². The van der Waals surface area contributed by atoms with Gasteiger partial charge in [-0.3, -0.25) is 9.59 Å². The van der Waals surface area contributed by atoms with Crippen molar-refractivity contribution >= 4 is 29.3 Å². The van der Waals surface area contributed by atoms with Crippen molar-refractivity contribution in [1.82, 2.24) is 5.32 Å². The number of nitrogens with zero attached hydrogens (tertiary/aromatic N) is 1. The summed E-state index contributed by atoms with van der Waals surface area (Å²) in [5.41, 5.74) is 7.61. The van der Waals surface area contributed by atoms with Crippen molar-refractivity contribution < 1.29 is 24.7 Å². The van der Waals surface area contributed by atoms with Crippen LogP contribution in [0.25, 0.3) is 11.1 Å². The summed E-state index contributed by atoms with van der Waals surface area (Å²) < 4.78 is 0. The van der Waals surface area contributed by atoms with Crippen molar-refractivity contribution in [3.8, 4) is 11.1 Å². The number of carbonyl (C=O) groups is 3. The van der Waals surface area contributed by atoms with Crippen LogP contribution in [0.3, 0.4) is 0 Å². The van der Waals surface area contributed by atoms with Crippen LogP contribution in [0.15, 0.2) is 71.9 Å². The fourth-order valence-corrected chi connectivity index (χ4v) is 3.39. The number of carboxylic acids is 1. The molecule has 0 saturated carbocycles. The largest absolute Gasteiger partial charge is 0.478 e. The number of amidine groups is 1. The number of amides is 2. The summed E-state index contributed by atoms with van der Waals surface area (Å²) >= 11 is 0. The van der Waals surface area contributed by atoms with Crippen LogP contribution in [0.4, 0.5) is 5.69 Å². The maximum absolute atomic E-state index is 13.1. The third-order valence-electron chi connectivity index (χ3n) is 5.19. The zero-order valence-electron chi connectivity index (χ0n) is 19.3. The topological polar surface area (TPSA) is 154 Å². The molecule has 0 spiro atoms. The first-order valence-corrected chi connectivity index (χ1v) is 10.9. The summed E-state index contributed by atoms with van der Waals surface area (Å²) in [6, 6.07) is 17.4. The second-order valence-corrected chi connectivity index (χ2v) is 8.23. The Labute approximate surface area is 202 Å². The highest BCUT2D eigenvalue weighted by atomic mass is 16.4. The Hall–Kier alpha value is -4.66. The molecule has 180 valence electrons. The van der Waals surface area contributed by atoms with Crippen LogP contribution in [-0.2, 0) is 0 Å². The Balaban J connectivity index is 1.93. The predicted octanol–water partition coefficient (Wildman–Crippen LogP) is 3.78. The van der Waals surface area contributed by atoms with Gasteiger partial charge in [0.2, 0.25) is 0 Å². The first kappa shape index (κ1) is 25.0. The van der Waals surface area contributed by atoms with Crippen LogP contribution in [0.5, 0.6) is 0 Å². The van der Waals surface area contributed by atoms with E-state index in [9.17, 15) is 19.5 Å². The van der Waals surface area contributed by atoms with E-state index in [1.807, 2.05) is 13.8 Å². The number of hydrogen-bond acceptors (Lipinski definition) is 5. The lowest BCUT2D eigenvalue weighted by Crippen LogP contribution is -2.27. The average Bonchev–Trinajstić information content (AvgIpc) is 2.86. The number of anilines is 1. The molecule has 6 N–H and O–H groups in total. The van der Waals surface area contributed by atoms with Crippen molar-refractivity contribution in [2.45, 2.75) is 13.8 Å². The molecule has 0 aliphatic rings. The minimum Gasteiger partial charge on any atom is -0.478 e. The number of carboxylic acid groups (broad SMARTS) is 1. The Morgan fingerprint density at radius 2 is 1.51 bits per heavy atom. The predicted molar refractivity (Wildman–Crippen MR) is 133 cm³/mol. The minimum atomic E-state index is -1.22.